The molecule has 0 aliphatic rings. The number of para-hydroxylation sites is 3. The number of nitrogens with zero attached hydrogens (tertiary/aromatic N) is 4. The molecular formula is C26H23N5O2S. The predicted octanol–water partition coefficient (Wildman–Crippen LogP) is 4.76. The van der Waals surface area contributed by atoms with Crippen LogP contribution in [0, 0.1) is 20.8 Å². The summed E-state index contributed by atoms with van der Waals surface area (Å²) in [4.78, 5) is 32.0. The van der Waals surface area contributed by atoms with Gasteiger partial charge in [-0.2, -0.15) is 0 Å². The van der Waals surface area contributed by atoms with E-state index in [9.17, 15) is 9.59 Å². The van der Waals surface area contributed by atoms with Gasteiger partial charge in [-0.15, -0.1) is 5.10 Å². The van der Waals surface area contributed by atoms with Crippen molar-refractivity contribution in [2.75, 3.05) is 5.32 Å². The second kappa shape index (κ2) is 8.79. The van der Waals surface area contributed by atoms with E-state index in [4.69, 9.17) is 4.98 Å². The van der Waals surface area contributed by atoms with Crippen molar-refractivity contribution in [3.8, 4) is 0 Å². The van der Waals surface area contributed by atoms with Crippen molar-refractivity contribution >= 4 is 40.0 Å². The minimum Gasteiger partial charge on any atom is -0.324 e. The minimum atomic E-state index is -0.378. The molecule has 0 atom stereocenters. The molecule has 5 aromatic rings. The fraction of sp³-hybridized carbons (Fsp3) is 0.154. The minimum absolute atomic E-state index is 0.197. The highest BCUT2D eigenvalue weighted by Crippen LogP contribution is 2.30. The number of aryl methyl sites for hydroxylation is 3. The van der Waals surface area contributed by atoms with Crippen LogP contribution in [0.15, 0.2) is 81.4 Å². The number of benzene rings is 3. The largest absolute Gasteiger partial charge is 0.351 e. The van der Waals surface area contributed by atoms with Gasteiger partial charge in [-0.25, -0.2) is 18.9 Å². The molecule has 5 rings (SSSR count). The van der Waals surface area contributed by atoms with Crippen LogP contribution in [0.5, 0.6) is 0 Å². The molecule has 3 aromatic carbocycles. The van der Waals surface area contributed by atoms with Gasteiger partial charge in [-0.1, -0.05) is 59.8 Å². The highest BCUT2D eigenvalue weighted by molar-refractivity contribution is 7.99. The molecule has 0 unspecified atom stereocenters. The summed E-state index contributed by atoms with van der Waals surface area (Å²) in [6, 6.07) is 21.3. The number of fused-ring (bicyclic) bond motifs is 3. The Labute approximate surface area is 200 Å². The molecular weight excluding hydrogens is 446 g/mol. The van der Waals surface area contributed by atoms with Gasteiger partial charge in [0.25, 0.3) is 0 Å². The lowest BCUT2D eigenvalue weighted by molar-refractivity contribution is -0.117. The van der Waals surface area contributed by atoms with E-state index in [-0.39, 0.29) is 18.1 Å². The van der Waals surface area contributed by atoms with Gasteiger partial charge in [0.1, 0.15) is 11.6 Å². The number of hydrogen-bond donors (Lipinski definition) is 1. The normalized spacial score (nSPS) is 11.3. The van der Waals surface area contributed by atoms with Gasteiger partial charge in [0.2, 0.25) is 5.91 Å². The molecule has 170 valence electrons. The number of carbonyl (C=O) groups is 1. The van der Waals surface area contributed by atoms with Crippen LogP contribution in [0.25, 0.3) is 16.7 Å². The molecule has 0 saturated carbocycles. The molecule has 0 saturated heterocycles. The molecule has 0 aliphatic heterocycles. The molecule has 8 heteroatoms. The van der Waals surface area contributed by atoms with Gasteiger partial charge >= 0.3 is 5.69 Å². The second-order valence-corrected chi connectivity index (χ2v) is 9.30. The highest BCUT2D eigenvalue weighted by atomic mass is 32.2. The molecule has 2 heterocycles. The SMILES string of the molecule is Cc1cccc(Sc2nc3ccccc3n3c(=O)n(CC(=O)Nc4c(C)cccc4C)nc23)c1. The topological polar surface area (TPSA) is 81.3 Å². The molecule has 2 aromatic heterocycles. The summed E-state index contributed by atoms with van der Waals surface area (Å²) >= 11 is 1.45. The van der Waals surface area contributed by atoms with E-state index in [1.807, 2.05) is 81.4 Å². The van der Waals surface area contributed by atoms with E-state index in [2.05, 4.69) is 16.5 Å². The number of carbonyl (C=O) groups excluding carboxylic acids is 1. The predicted molar refractivity (Wildman–Crippen MR) is 135 cm³/mol. The van der Waals surface area contributed by atoms with Crippen LogP contribution >= 0.6 is 11.8 Å². The number of nitrogens with one attached hydrogen (secondary N) is 1. The van der Waals surface area contributed by atoms with Crippen LogP contribution < -0.4 is 11.0 Å². The smallest absolute Gasteiger partial charge is 0.324 e. The summed E-state index contributed by atoms with van der Waals surface area (Å²) in [5.41, 5.74) is 5.20. The van der Waals surface area contributed by atoms with Gasteiger partial charge in [-0.05, 0) is 56.2 Å². The zero-order chi connectivity index (χ0) is 23.8. The third kappa shape index (κ3) is 4.08. The maximum atomic E-state index is 13.4. The lowest BCUT2D eigenvalue weighted by Gasteiger charge is -2.10. The maximum Gasteiger partial charge on any atom is 0.351 e. The van der Waals surface area contributed by atoms with E-state index in [0.29, 0.717) is 21.7 Å². The third-order valence-corrected chi connectivity index (χ3v) is 6.58. The average molecular weight is 470 g/mol. The van der Waals surface area contributed by atoms with Gasteiger partial charge in [0.05, 0.1) is 11.0 Å². The fourth-order valence-electron chi connectivity index (χ4n) is 3.96. The van der Waals surface area contributed by atoms with Gasteiger partial charge in [0.15, 0.2) is 5.65 Å². The van der Waals surface area contributed by atoms with Crippen molar-refractivity contribution in [3.63, 3.8) is 0 Å². The number of aromatic nitrogens is 4. The van der Waals surface area contributed by atoms with Crippen molar-refractivity contribution in [1.29, 1.82) is 0 Å². The van der Waals surface area contributed by atoms with Crippen LogP contribution in [-0.4, -0.2) is 25.1 Å². The Morgan fingerprint density at radius 3 is 2.47 bits per heavy atom. The first-order valence-electron chi connectivity index (χ1n) is 10.9. The van der Waals surface area contributed by atoms with Gasteiger partial charge in [0, 0.05) is 10.6 Å². The standard InChI is InChI=1S/C26H23N5O2S/c1-16-8-6-11-19(14-16)34-25-24-29-30(15-22(32)28-23-17(2)9-7-10-18(23)3)26(33)31(24)21-13-5-4-12-20(21)27-25/h4-14H,15H2,1-3H3,(H,28,32). The zero-order valence-electron chi connectivity index (χ0n) is 19.1. The molecule has 1 N–H and O–H groups in total. The summed E-state index contributed by atoms with van der Waals surface area (Å²) in [6.45, 7) is 5.71. The Balaban J connectivity index is 1.57. The second-order valence-electron chi connectivity index (χ2n) is 8.24. The van der Waals surface area contributed by atoms with E-state index in [0.717, 1.165) is 27.3 Å². The zero-order valence-corrected chi connectivity index (χ0v) is 19.9. The number of anilines is 1. The Morgan fingerprint density at radius 2 is 1.71 bits per heavy atom. The number of hydrogen-bond acceptors (Lipinski definition) is 5. The maximum absolute atomic E-state index is 13.4. The molecule has 34 heavy (non-hydrogen) atoms. The highest BCUT2D eigenvalue weighted by Gasteiger charge is 2.19. The van der Waals surface area contributed by atoms with E-state index in [1.165, 1.54) is 20.8 Å². The van der Waals surface area contributed by atoms with Gasteiger partial charge < -0.3 is 5.32 Å². The van der Waals surface area contributed by atoms with E-state index in [1.54, 1.807) is 0 Å². The van der Waals surface area contributed by atoms with E-state index >= 15 is 0 Å². The summed E-state index contributed by atoms with van der Waals surface area (Å²) < 4.78 is 2.74. The Kier molecular flexibility index (Phi) is 5.67. The van der Waals surface area contributed by atoms with Crippen LogP contribution in [0.1, 0.15) is 16.7 Å². The molecule has 0 aliphatic carbocycles. The van der Waals surface area contributed by atoms with Crippen molar-refractivity contribution < 1.29 is 4.79 Å². The third-order valence-electron chi connectivity index (χ3n) is 5.62. The Bertz CT molecular complexity index is 1600. The molecule has 0 radical (unpaired) electrons. The number of amides is 1. The summed E-state index contributed by atoms with van der Waals surface area (Å²) in [6.07, 6.45) is 0. The van der Waals surface area contributed by atoms with Crippen molar-refractivity contribution in [2.45, 2.75) is 37.2 Å². The molecule has 1 amide bonds. The van der Waals surface area contributed by atoms with E-state index < -0.39 is 0 Å². The Morgan fingerprint density at radius 1 is 0.971 bits per heavy atom. The molecule has 0 bridgehead atoms. The van der Waals surface area contributed by atoms with Crippen molar-refractivity contribution in [1.82, 2.24) is 19.2 Å². The summed E-state index contributed by atoms with van der Waals surface area (Å²) in [5, 5.41) is 8.06. The first kappa shape index (κ1) is 21.9. The lowest BCUT2D eigenvalue weighted by atomic mass is 10.1. The van der Waals surface area contributed by atoms with Crippen molar-refractivity contribution in [2.24, 2.45) is 0 Å². The quantitative estimate of drug-likeness (QED) is 0.401. The van der Waals surface area contributed by atoms with Crippen LogP contribution in [0.2, 0.25) is 0 Å². The first-order chi connectivity index (χ1) is 16.4. The van der Waals surface area contributed by atoms with Crippen LogP contribution in [0.3, 0.4) is 0 Å². The van der Waals surface area contributed by atoms with Crippen molar-refractivity contribution in [3.05, 3.63) is 93.9 Å². The Hall–Kier alpha value is -3.91. The average Bonchev–Trinajstić information content (AvgIpc) is 3.13. The first-order valence-corrected chi connectivity index (χ1v) is 11.7. The van der Waals surface area contributed by atoms with Gasteiger partial charge in [-0.3, -0.25) is 4.79 Å². The summed E-state index contributed by atoms with van der Waals surface area (Å²) in [5.74, 6) is -0.312. The van der Waals surface area contributed by atoms with Crippen LogP contribution in [-0.2, 0) is 11.3 Å². The molecule has 0 spiro atoms. The molecule has 0 fully saturated rings. The monoisotopic (exact) mass is 469 g/mol. The molecule has 7 nitrogen and oxygen atoms in total. The summed E-state index contributed by atoms with van der Waals surface area (Å²) in [7, 11) is 0. The fourth-order valence-corrected chi connectivity index (χ4v) is 4.94. The van der Waals surface area contributed by atoms with Crippen LogP contribution in [0.4, 0.5) is 5.69 Å². The number of rotatable bonds is 5. The lowest BCUT2D eigenvalue weighted by Crippen LogP contribution is -2.28.